The number of piperazine rings is 1. The number of hydrogen-bond acceptors (Lipinski definition) is 5. The molecular formula is C15H20N4O. The molecule has 5 nitrogen and oxygen atoms in total. The number of hydrogen-bond donors (Lipinski definition) is 1. The number of nitrogens with zero attached hydrogens (tertiary/aromatic N) is 3. The molecule has 0 bridgehead atoms. The molecule has 0 radical (unpaired) electrons. The number of likely N-dealkylation sites (N-methyl/N-ethyl adjacent to an activating group) is 1. The molecule has 0 spiro atoms. The Morgan fingerprint density at radius 3 is 2.90 bits per heavy atom. The van der Waals surface area contributed by atoms with Gasteiger partial charge in [0.05, 0.1) is 6.04 Å². The van der Waals surface area contributed by atoms with Gasteiger partial charge in [-0.15, -0.1) is 0 Å². The standard InChI is InChI=1S/C15H20N4O/c1-10-4-5-12(8-11(10)2)15-17-14(18-20-15)13-9-16-6-7-19(13)3/h4-5,8,13,16H,6-7,9H2,1-3H3. The van der Waals surface area contributed by atoms with Gasteiger partial charge in [0.25, 0.3) is 5.89 Å². The van der Waals surface area contributed by atoms with Gasteiger partial charge in [0.2, 0.25) is 0 Å². The lowest BCUT2D eigenvalue weighted by Crippen LogP contribution is -2.44. The van der Waals surface area contributed by atoms with E-state index in [9.17, 15) is 0 Å². The van der Waals surface area contributed by atoms with Gasteiger partial charge in [-0.25, -0.2) is 0 Å². The highest BCUT2D eigenvalue weighted by molar-refractivity contribution is 5.55. The molecule has 1 aliphatic rings. The molecule has 0 aliphatic carbocycles. The predicted molar refractivity (Wildman–Crippen MR) is 77.4 cm³/mol. The van der Waals surface area contributed by atoms with E-state index in [2.05, 4.69) is 53.4 Å². The molecule has 0 saturated carbocycles. The third kappa shape index (κ3) is 2.46. The smallest absolute Gasteiger partial charge is 0.257 e. The monoisotopic (exact) mass is 272 g/mol. The van der Waals surface area contributed by atoms with E-state index >= 15 is 0 Å². The van der Waals surface area contributed by atoms with Gasteiger partial charge in [0.1, 0.15) is 0 Å². The van der Waals surface area contributed by atoms with Gasteiger partial charge in [-0.2, -0.15) is 4.98 Å². The largest absolute Gasteiger partial charge is 0.334 e. The third-order valence-corrected chi connectivity index (χ3v) is 4.00. The van der Waals surface area contributed by atoms with Crippen molar-refractivity contribution in [2.75, 3.05) is 26.7 Å². The zero-order valence-corrected chi connectivity index (χ0v) is 12.2. The highest BCUT2D eigenvalue weighted by atomic mass is 16.5. The van der Waals surface area contributed by atoms with Crippen LogP contribution in [-0.2, 0) is 0 Å². The van der Waals surface area contributed by atoms with E-state index in [-0.39, 0.29) is 6.04 Å². The lowest BCUT2D eigenvalue weighted by molar-refractivity contribution is 0.190. The predicted octanol–water partition coefficient (Wildman–Crippen LogP) is 1.93. The Morgan fingerprint density at radius 2 is 2.15 bits per heavy atom. The van der Waals surface area contributed by atoms with Crippen LogP contribution in [0.2, 0.25) is 0 Å². The molecule has 1 aromatic carbocycles. The van der Waals surface area contributed by atoms with Crippen LogP contribution in [0.25, 0.3) is 11.5 Å². The fraction of sp³-hybridized carbons (Fsp3) is 0.467. The van der Waals surface area contributed by atoms with Crippen molar-refractivity contribution in [3.63, 3.8) is 0 Å². The molecule has 1 atom stereocenters. The summed E-state index contributed by atoms with van der Waals surface area (Å²) in [6, 6.07) is 6.40. The molecular weight excluding hydrogens is 252 g/mol. The van der Waals surface area contributed by atoms with Crippen molar-refractivity contribution in [1.82, 2.24) is 20.4 Å². The maximum atomic E-state index is 5.43. The van der Waals surface area contributed by atoms with Crippen LogP contribution in [0.1, 0.15) is 23.0 Å². The highest BCUT2D eigenvalue weighted by Gasteiger charge is 2.25. The number of aromatic nitrogens is 2. The van der Waals surface area contributed by atoms with E-state index in [1.54, 1.807) is 0 Å². The first kappa shape index (κ1) is 13.3. The van der Waals surface area contributed by atoms with E-state index in [4.69, 9.17) is 4.52 Å². The van der Waals surface area contributed by atoms with Crippen molar-refractivity contribution in [1.29, 1.82) is 0 Å². The Bertz CT molecular complexity index is 608. The molecule has 106 valence electrons. The van der Waals surface area contributed by atoms with Gasteiger partial charge in [0.15, 0.2) is 5.82 Å². The second kappa shape index (κ2) is 5.34. The fourth-order valence-electron chi connectivity index (χ4n) is 2.46. The SMILES string of the molecule is Cc1ccc(-c2nc(C3CNCCN3C)no2)cc1C. The lowest BCUT2D eigenvalue weighted by Gasteiger charge is -2.30. The molecule has 20 heavy (non-hydrogen) atoms. The van der Waals surface area contributed by atoms with Gasteiger partial charge in [-0.3, -0.25) is 4.90 Å². The van der Waals surface area contributed by atoms with Gasteiger partial charge in [-0.05, 0) is 44.2 Å². The topological polar surface area (TPSA) is 54.2 Å². The minimum atomic E-state index is 0.188. The van der Waals surface area contributed by atoms with Crippen molar-refractivity contribution in [2.45, 2.75) is 19.9 Å². The van der Waals surface area contributed by atoms with Gasteiger partial charge in [-0.1, -0.05) is 11.2 Å². The van der Waals surface area contributed by atoms with Crippen LogP contribution >= 0.6 is 0 Å². The highest BCUT2D eigenvalue weighted by Crippen LogP contribution is 2.24. The van der Waals surface area contributed by atoms with E-state index in [0.717, 1.165) is 31.0 Å². The van der Waals surface area contributed by atoms with Crippen LogP contribution in [0.4, 0.5) is 0 Å². The van der Waals surface area contributed by atoms with Crippen molar-refractivity contribution in [2.24, 2.45) is 0 Å². The van der Waals surface area contributed by atoms with Crippen LogP contribution in [0, 0.1) is 13.8 Å². The van der Waals surface area contributed by atoms with Crippen molar-refractivity contribution >= 4 is 0 Å². The number of nitrogens with one attached hydrogen (secondary N) is 1. The average Bonchev–Trinajstić information content (AvgIpc) is 2.92. The summed E-state index contributed by atoms with van der Waals surface area (Å²) in [6.07, 6.45) is 0. The van der Waals surface area contributed by atoms with E-state index in [0.29, 0.717) is 5.89 Å². The minimum absolute atomic E-state index is 0.188. The molecule has 1 aromatic heterocycles. The Balaban J connectivity index is 1.87. The normalized spacial score (nSPS) is 20.2. The molecule has 1 N–H and O–H groups in total. The van der Waals surface area contributed by atoms with Gasteiger partial charge < -0.3 is 9.84 Å². The summed E-state index contributed by atoms with van der Waals surface area (Å²) in [7, 11) is 2.09. The second-order valence-corrected chi connectivity index (χ2v) is 5.46. The molecule has 0 amide bonds. The molecule has 1 fully saturated rings. The summed E-state index contributed by atoms with van der Waals surface area (Å²) in [5, 5.41) is 7.52. The summed E-state index contributed by atoms with van der Waals surface area (Å²) < 4.78 is 5.43. The maximum absolute atomic E-state index is 5.43. The first-order valence-electron chi connectivity index (χ1n) is 6.97. The zero-order valence-electron chi connectivity index (χ0n) is 12.2. The molecule has 1 unspecified atom stereocenters. The molecule has 1 aliphatic heterocycles. The summed E-state index contributed by atoms with van der Waals surface area (Å²) in [5.74, 6) is 1.36. The summed E-state index contributed by atoms with van der Waals surface area (Å²) in [6.45, 7) is 7.06. The molecule has 3 rings (SSSR count). The number of aryl methyl sites for hydroxylation is 2. The summed E-state index contributed by atoms with van der Waals surface area (Å²) in [4.78, 5) is 6.82. The Morgan fingerprint density at radius 1 is 1.30 bits per heavy atom. The Labute approximate surface area is 119 Å². The maximum Gasteiger partial charge on any atom is 0.257 e. The lowest BCUT2D eigenvalue weighted by atomic mass is 10.1. The molecule has 2 aromatic rings. The number of benzene rings is 1. The zero-order chi connectivity index (χ0) is 14.1. The third-order valence-electron chi connectivity index (χ3n) is 4.00. The molecule has 1 saturated heterocycles. The van der Waals surface area contributed by atoms with Crippen LogP contribution < -0.4 is 5.32 Å². The van der Waals surface area contributed by atoms with Crippen molar-refractivity contribution in [3.05, 3.63) is 35.2 Å². The fourth-order valence-corrected chi connectivity index (χ4v) is 2.46. The van der Waals surface area contributed by atoms with Gasteiger partial charge in [0, 0.05) is 25.2 Å². The van der Waals surface area contributed by atoms with E-state index < -0.39 is 0 Å². The van der Waals surface area contributed by atoms with Crippen LogP contribution in [0.15, 0.2) is 22.7 Å². The van der Waals surface area contributed by atoms with Crippen molar-refractivity contribution < 1.29 is 4.52 Å². The first-order valence-corrected chi connectivity index (χ1v) is 6.97. The average molecular weight is 272 g/mol. The molecule has 5 heteroatoms. The van der Waals surface area contributed by atoms with Crippen molar-refractivity contribution in [3.8, 4) is 11.5 Å². The quantitative estimate of drug-likeness (QED) is 0.905. The number of rotatable bonds is 2. The first-order chi connectivity index (χ1) is 9.65. The minimum Gasteiger partial charge on any atom is -0.334 e. The Hall–Kier alpha value is -1.72. The summed E-state index contributed by atoms with van der Waals surface area (Å²) >= 11 is 0. The van der Waals surface area contributed by atoms with E-state index in [1.165, 1.54) is 11.1 Å². The van der Waals surface area contributed by atoms with Crippen LogP contribution in [0.5, 0.6) is 0 Å². The Kier molecular flexibility index (Phi) is 3.54. The van der Waals surface area contributed by atoms with Gasteiger partial charge >= 0.3 is 0 Å². The van der Waals surface area contributed by atoms with E-state index in [1.807, 2.05) is 6.07 Å². The summed E-state index contributed by atoms with van der Waals surface area (Å²) in [5.41, 5.74) is 3.49. The molecule has 2 heterocycles. The van der Waals surface area contributed by atoms with Crippen LogP contribution in [-0.4, -0.2) is 41.7 Å². The second-order valence-electron chi connectivity index (χ2n) is 5.46. The van der Waals surface area contributed by atoms with Crippen LogP contribution in [0.3, 0.4) is 0 Å².